The lowest BCUT2D eigenvalue weighted by molar-refractivity contribution is -0.119. The van der Waals surface area contributed by atoms with Crippen molar-refractivity contribution in [3.63, 3.8) is 0 Å². The highest BCUT2D eigenvalue weighted by molar-refractivity contribution is 7.98. The second-order valence-electron chi connectivity index (χ2n) is 23.3. The van der Waals surface area contributed by atoms with Gasteiger partial charge in [0.2, 0.25) is 11.8 Å². The number of nitrogens with one attached hydrogen (secondary N) is 4. The molecule has 9 aromatic rings. The van der Waals surface area contributed by atoms with Crippen LogP contribution in [0.5, 0.6) is 5.75 Å². The van der Waals surface area contributed by atoms with Crippen molar-refractivity contribution < 1.29 is 33.4 Å². The van der Waals surface area contributed by atoms with Crippen molar-refractivity contribution in [2.45, 2.75) is 103 Å². The van der Waals surface area contributed by atoms with Crippen LogP contribution >= 0.6 is 23.1 Å². The summed E-state index contributed by atoms with van der Waals surface area (Å²) >= 11 is 2.63. The van der Waals surface area contributed by atoms with Gasteiger partial charge in [-0.25, -0.2) is 19.3 Å². The molecule has 23 heteroatoms. The van der Waals surface area contributed by atoms with Crippen molar-refractivity contribution in [3.05, 3.63) is 167 Å². The topological polar surface area (TPSA) is 261 Å². The Morgan fingerprint density at radius 3 is 2.09 bits per heavy atom. The van der Waals surface area contributed by atoms with Gasteiger partial charge in [0.15, 0.2) is 5.16 Å². The number of hydrogen-bond acceptors (Lipinski definition) is 17. The number of benzene rings is 5. The number of nitrogen functional groups attached to an aromatic ring is 1. The molecular weight excluding hydrogens is 1150 g/mol. The number of amides is 4. The molecule has 21 nitrogen and oxygen atoms in total. The molecule has 0 saturated heterocycles. The lowest BCUT2D eigenvalue weighted by Crippen LogP contribution is -2.55. The number of carbonyl (C=O) groups is 4. The summed E-state index contributed by atoms with van der Waals surface area (Å²) in [6.07, 6.45) is 6.12. The smallest absolute Gasteiger partial charge is 0.263 e. The molecule has 88 heavy (non-hydrogen) atoms. The maximum atomic E-state index is 13.6. The van der Waals surface area contributed by atoms with E-state index in [4.69, 9.17) is 24.9 Å². The van der Waals surface area contributed by atoms with Crippen LogP contribution in [-0.4, -0.2) is 114 Å². The molecule has 10 rings (SSSR count). The quantitative estimate of drug-likeness (QED) is 0.0214. The Bertz CT molecular complexity index is 3960. The molecule has 1 aliphatic heterocycles. The average Bonchev–Trinajstić information content (AvgIpc) is 1.37. The number of carbonyl (C=O) groups excluding carboxylic acids is 4. The first-order valence-electron chi connectivity index (χ1n) is 28.9. The van der Waals surface area contributed by atoms with E-state index in [0.29, 0.717) is 112 Å². The number of thioether (sulfide) groups is 1. The van der Waals surface area contributed by atoms with Gasteiger partial charge in [-0.15, -0.1) is 21.5 Å². The highest BCUT2D eigenvalue weighted by atomic mass is 32.2. The fourth-order valence-electron chi connectivity index (χ4n) is 11.0. The fraction of sp³-hybridized carbons (Fsp3) is 0.323. The van der Waals surface area contributed by atoms with E-state index in [2.05, 4.69) is 79.8 Å². The van der Waals surface area contributed by atoms with Crippen LogP contribution in [0.15, 0.2) is 139 Å². The van der Waals surface area contributed by atoms with E-state index in [-0.39, 0.29) is 43.3 Å². The van der Waals surface area contributed by atoms with Crippen molar-refractivity contribution >= 4 is 79.7 Å². The highest BCUT2D eigenvalue weighted by Gasteiger charge is 2.47. The number of fused-ring (bicyclic) bond motifs is 2. The number of ether oxygens (including phenoxy) is 3. The maximum Gasteiger partial charge on any atom is 0.263 e. The Hall–Kier alpha value is -9.03. The minimum atomic E-state index is -0.527. The molecule has 1 aliphatic rings. The van der Waals surface area contributed by atoms with Crippen LogP contribution in [0.25, 0.3) is 32.6 Å². The zero-order chi connectivity index (χ0) is 62.2. The summed E-state index contributed by atoms with van der Waals surface area (Å²) in [5.41, 5.74) is 14.8. The minimum Gasteiger partial charge on any atom is -0.487 e. The van der Waals surface area contributed by atoms with E-state index in [0.717, 1.165) is 33.5 Å². The van der Waals surface area contributed by atoms with Crippen molar-refractivity contribution in [1.82, 2.24) is 50.6 Å². The second-order valence-corrected chi connectivity index (χ2v) is 25.1. The standard InChI is InChI=1S/C65H72N14O7S2/c1-41(80)79-53-26-23-48(69-59(82)44-19-17-43(18-20-44)42-13-10-9-11-14-42)34-52(53)65(7,40-64(79,5)6)46-21-24-51(25-22-46)86-39-50-38-78(76-74-50)28-30-85-32-31-84-29-27-77-37-49(73-75-77)35-68-54(81)36-67-47-16-12-15-45(33-47)57-55-56(66)58(60(83)72-63(2,3)4)88-61(55)71-62(70-57)87-8/h9-26,33-34,37-38,67H,27-32,35-36,39-40,66H2,1-8H3,(H,68,81)(H,69,82)(H,72,83)/t65-/m1/s1. The number of nitrogens with two attached hydrogens (primary N) is 1. The third-order valence-corrected chi connectivity index (χ3v) is 16.5. The van der Waals surface area contributed by atoms with Gasteiger partial charge in [0.05, 0.1) is 81.8 Å². The van der Waals surface area contributed by atoms with Gasteiger partial charge in [-0.05, 0) is 124 Å². The second kappa shape index (κ2) is 26.9. The summed E-state index contributed by atoms with van der Waals surface area (Å²) in [4.78, 5) is 65.1. The number of nitrogens with zero attached hydrogens (tertiary/aromatic N) is 9. The molecule has 5 aromatic carbocycles. The molecule has 4 amide bonds. The molecule has 0 saturated carbocycles. The molecule has 0 bridgehead atoms. The third kappa shape index (κ3) is 14.8. The van der Waals surface area contributed by atoms with Crippen LogP contribution in [0.2, 0.25) is 0 Å². The van der Waals surface area contributed by atoms with Crippen LogP contribution in [0.3, 0.4) is 0 Å². The predicted octanol–water partition coefficient (Wildman–Crippen LogP) is 10.2. The monoisotopic (exact) mass is 1220 g/mol. The molecule has 456 valence electrons. The number of anilines is 4. The van der Waals surface area contributed by atoms with E-state index in [1.807, 2.05) is 147 Å². The van der Waals surface area contributed by atoms with Gasteiger partial charge >= 0.3 is 0 Å². The van der Waals surface area contributed by atoms with Crippen molar-refractivity contribution in [3.8, 4) is 28.1 Å². The van der Waals surface area contributed by atoms with Gasteiger partial charge in [0, 0.05) is 51.6 Å². The van der Waals surface area contributed by atoms with Gasteiger partial charge in [-0.2, -0.15) is 0 Å². The van der Waals surface area contributed by atoms with Crippen molar-refractivity contribution in [1.29, 1.82) is 0 Å². The summed E-state index contributed by atoms with van der Waals surface area (Å²) in [6, 6.07) is 38.9. The minimum absolute atomic E-state index is 0.00970. The molecular formula is C65H72N14O7S2. The first-order valence-corrected chi connectivity index (χ1v) is 30.9. The molecule has 1 atom stereocenters. The Morgan fingerprint density at radius 2 is 1.41 bits per heavy atom. The Morgan fingerprint density at radius 1 is 0.739 bits per heavy atom. The zero-order valence-corrected chi connectivity index (χ0v) is 52.2. The lowest BCUT2D eigenvalue weighted by atomic mass is 9.65. The van der Waals surface area contributed by atoms with Crippen LogP contribution in [0, 0.1) is 0 Å². The van der Waals surface area contributed by atoms with Crippen molar-refractivity contribution in [2.24, 2.45) is 0 Å². The van der Waals surface area contributed by atoms with Crippen LogP contribution in [-0.2, 0) is 50.7 Å². The van der Waals surface area contributed by atoms with Gasteiger partial charge in [0.1, 0.15) is 33.5 Å². The normalized spacial score (nSPS) is 14.5. The Kier molecular flexibility index (Phi) is 19.0. The largest absolute Gasteiger partial charge is 0.487 e. The number of rotatable bonds is 24. The van der Waals surface area contributed by atoms with Gasteiger partial charge < -0.3 is 46.1 Å². The van der Waals surface area contributed by atoms with E-state index < -0.39 is 16.5 Å². The summed E-state index contributed by atoms with van der Waals surface area (Å²) < 4.78 is 21.1. The van der Waals surface area contributed by atoms with Gasteiger partial charge in [0.25, 0.3) is 11.8 Å². The zero-order valence-electron chi connectivity index (χ0n) is 50.5. The molecule has 6 N–H and O–H groups in total. The van der Waals surface area contributed by atoms with E-state index >= 15 is 0 Å². The Balaban J connectivity index is 0.631. The first kappa shape index (κ1) is 62.0. The van der Waals surface area contributed by atoms with Crippen molar-refractivity contribution in [2.75, 3.05) is 60.5 Å². The molecule has 0 fully saturated rings. The summed E-state index contributed by atoms with van der Waals surface area (Å²) in [6.45, 7) is 16.6. The van der Waals surface area contributed by atoms with E-state index in [1.54, 1.807) is 22.5 Å². The van der Waals surface area contributed by atoms with Crippen LogP contribution < -0.4 is 36.6 Å². The molecule has 0 spiro atoms. The Labute approximate surface area is 519 Å². The van der Waals surface area contributed by atoms with E-state index in [9.17, 15) is 19.2 Å². The lowest BCUT2D eigenvalue weighted by Gasteiger charge is -2.51. The molecule has 0 unspecified atom stereocenters. The maximum absolute atomic E-state index is 13.6. The number of hydrogen-bond donors (Lipinski definition) is 5. The van der Waals surface area contributed by atoms with Gasteiger partial charge in [-0.1, -0.05) is 95.8 Å². The third-order valence-electron chi connectivity index (χ3n) is 14.9. The SMILES string of the molecule is CSc1nc(-c2cccc(NCC(=O)NCc3cn(CCOCCOCCn4cc(COc5ccc([C@@]6(C)CC(C)(C)N(C(C)=O)c7ccc(NC(=O)c8ccc(-c9ccccc9)cc8)cc76)cc5)nn4)nn3)c2)c2c(N)c(C(=O)NC(C)(C)C)sc2n1. The fourth-order valence-corrected chi connectivity index (χ4v) is 12.4. The van der Waals surface area contributed by atoms with E-state index in [1.165, 1.54) is 23.1 Å². The predicted molar refractivity (Wildman–Crippen MR) is 344 cm³/mol. The van der Waals surface area contributed by atoms with Crippen LogP contribution in [0.1, 0.15) is 97.4 Å². The average molecular weight is 1230 g/mol. The summed E-state index contributed by atoms with van der Waals surface area (Å²) in [7, 11) is 0. The summed E-state index contributed by atoms with van der Waals surface area (Å²) in [5.74, 6) is -0.107. The molecule has 0 aliphatic carbocycles. The molecule has 0 radical (unpaired) electrons. The number of thiophene rings is 1. The molecule has 5 heterocycles. The summed E-state index contributed by atoms with van der Waals surface area (Å²) in [5, 5.41) is 30.2. The van der Waals surface area contributed by atoms with Crippen LogP contribution in [0.4, 0.5) is 22.7 Å². The van der Waals surface area contributed by atoms with Gasteiger partial charge in [-0.3, -0.25) is 19.2 Å². The number of aromatic nitrogens is 8. The molecule has 4 aromatic heterocycles. The first-order chi connectivity index (χ1) is 42.2. The highest BCUT2D eigenvalue weighted by Crippen LogP contribution is 2.51.